The smallest absolute Gasteiger partial charge is 0.269 e. The number of nitrogens with zero attached hydrogens (tertiary/aromatic N) is 4. The zero-order valence-corrected chi connectivity index (χ0v) is 15.1. The number of nitrogens with one attached hydrogen (secondary N) is 2. The van der Waals surface area contributed by atoms with E-state index in [2.05, 4.69) is 32.4 Å². The van der Waals surface area contributed by atoms with Crippen molar-refractivity contribution < 1.29 is 9.18 Å². The molecule has 2 aliphatic rings. The Kier molecular flexibility index (Phi) is 4.54. The maximum absolute atomic E-state index is 13.5. The fraction of sp³-hybridized carbons (Fsp3) is 0.421. The number of aryl methyl sites for hydroxylation is 1. The summed E-state index contributed by atoms with van der Waals surface area (Å²) < 4.78 is 15.3. The lowest BCUT2D eigenvalue weighted by atomic mass is 10.00. The molecule has 1 amide bonds. The van der Waals surface area contributed by atoms with Crippen LogP contribution in [0.2, 0.25) is 0 Å². The summed E-state index contributed by atoms with van der Waals surface area (Å²) >= 11 is 0. The number of halogens is 1. The average molecular weight is 368 g/mol. The lowest BCUT2D eigenvalue weighted by Gasteiger charge is -2.33. The molecular formula is C19H21FN6O. The summed E-state index contributed by atoms with van der Waals surface area (Å²) in [6, 6.07) is 4.70. The maximum atomic E-state index is 13.5. The van der Waals surface area contributed by atoms with Crippen LogP contribution in [0.1, 0.15) is 35.1 Å². The summed E-state index contributed by atoms with van der Waals surface area (Å²) in [5.41, 5.74) is 3.38. The number of aromatic nitrogens is 2. The van der Waals surface area contributed by atoms with Crippen LogP contribution in [0.15, 0.2) is 18.2 Å². The van der Waals surface area contributed by atoms with Gasteiger partial charge in [0.25, 0.3) is 5.91 Å². The third-order valence-corrected chi connectivity index (χ3v) is 5.21. The number of fused-ring (bicyclic) bond motifs is 3. The molecule has 0 spiro atoms. The van der Waals surface area contributed by atoms with Gasteiger partial charge in [0, 0.05) is 43.3 Å². The minimum Gasteiger partial charge on any atom is -0.373 e. The highest BCUT2D eigenvalue weighted by atomic mass is 19.1. The third kappa shape index (κ3) is 3.26. The van der Waals surface area contributed by atoms with Gasteiger partial charge >= 0.3 is 0 Å². The van der Waals surface area contributed by atoms with E-state index in [4.69, 9.17) is 6.57 Å². The van der Waals surface area contributed by atoms with Crippen LogP contribution >= 0.6 is 0 Å². The summed E-state index contributed by atoms with van der Waals surface area (Å²) in [7, 11) is 0. The number of rotatable bonds is 3. The minimum absolute atomic E-state index is 0.00704. The molecule has 7 nitrogen and oxygen atoms in total. The first-order valence-corrected chi connectivity index (χ1v) is 9.08. The van der Waals surface area contributed by atoms with Crippen LogP contribution in [-0.4, -0.2) is 39.8 Å². The van der Waals surface area contributed by atoms with E-state index in [9.17, 15) is 9.18 Å². The van der Waals surface area contributed by atoms with E-state index in [1.165, 1.54) is 12.1 Å². The van der Waals surface area contributed by atoms with Gasteiger partial charge < -0.3 is 10.6 Å². The highest BCUT2D eigenvalue weighted by Gasteiger charge is 2.32. The molecule has 140 valence electrons. The van der Waals surface area contributed by atoms with E-state index >= 15 is 0 Å². The molecule has 0 saturated heterocycles. The van der Waals surface area contributed by atoms with E-state index in [0.29, 0.717) is 31.1 Å². The molecule has 8 heteroatoms. The monoisotopic (exact) mass is 368 g/mol. The number of anilines is 1. The lowest BCUT2D eigenvalue weighted by molar-refractivity contribution is 0.0947. The fourth-order valence-electron chi connectivity index (χ4n) is 3.69. The summed E-state index contributed by atoms with van der Waals surface area (Å²) in [6.07, 6.45) is 1.66. The van der Waals surface area contributed by atoms with Crippen LogP contribution in [0.3, 0.4) is 0 Å². The van der Waals surface area contributed by atoms with Crippen LogP contribution in [0, 0.1) is 12.4 Å². The standard InChI is InChI=1S/C19H21FN6O/c1-12-8-16-14(18-19(27)22-6-3-7-26(18)24-16)10-25(12)11-23-13-4-5-15(20)17(9-13)21-2/h4-5,9,12,23H,3,6-8,10-11H2,1H3,(H,22,27)/t12-/m1/s1. The topological polar surface area (TPSA) is 66.5 Å². The van der Waals surface area contributed by atoms with Gasteiger partial charge in [0.1, 0.15) is 11.5 Å². The molecule has 1 aromatic carbocycles. The van der Waals surface area contributed by atoms with Crippen molar-refractivity contribution in [2.45, 2.75) is 38.9 Å². The molecule has 2 aromatic rings. The molecule has 1 aromatic heterocycles. The lowest BCUT2D eigenvalue weighted by Crippen LogP contribution is -2.41. The summed E-state index contributed by atoms with van der Waals surface area (Å²) in [6.45, 7) is 11.8. The normalized spacial score (nSPS) is 19.4. The Morgan fingerprint density at radius 2 is 2.33 bits per heavy atom. The van der Waals surface area contributed by atoms with Gasteiger partial charge in [-0.05, 0) is 31.5 Å². The van der Waals surface area contributed by atoms with Crippen LogP contribution in [0.4, 0.5) is 15.8 Å². The molecule has 0 aliphatic carbocycles. The van der Waals surface area contributed by atoms with Crippen LogP contribution in [-0.2, 0) is 19.5 Å². The van der Waals surface area contributed by atoms with Gasteiger partial charge in [-0.25, -0.2) is 9.24 Å². The molecule has 0 saturated carbocycles. The van der Waals surface area contributed by atoms with Gasteiger partial charge in [0.15, 0.2) is 0 Å². The van der Waals surface area contributed by atoms with Crippen molar-refractivity contribution in [2.75, 3.05) is 18.5 Å². The second-order valence-corrected chi connectivity index (χ2v) is 7.02. The van der Waals surface area contributed by atoms with Crippen molar-refractivity contribution >= 4 is 17.3 Å². The van der Waals surface area contributed by atoms with Crippen molar-refractivity contribution in [3.8, 4) is 0 Å². The third-order valence-electron chi connectivity index (χ3n) is 5.21. The highest BCUT2D eigenvalue weighted by Crippen LogP contribution is 2.27. The zero-order valence-electron chi connectivity index (χ0n) is 15.1. The fourth-order valence-corrected chi connectivity index (χ4v) is 3.69. The first kappa shape index (κ1) is 17.5. The van der Waals surface area contributed by atoms with E-state index in [0.717, 1.165) is 30.6 Å². The van der Waals surface area contributed by atoms with E-state index < -0.39 is 5.82 Å². The molecule has 3 heterocycles. The number of hydrogen-bond acceptors (Lipinski definition) is 4. The first-order valence-electron chi connectivity index (χ1n) is 9.08. The van der Waals surface area contributed by atoms with Crippen molar-refractivity contribution in [2.24, 2.45) is 0 Å². The summed E-state index contributed by atoms with van der Waals surface area (Å²) in [4.78, 5) is 17.9. The molecule has 27 heavy (non-hydrogen) atoms. The molecule has 2 aliphatic heterocycles. The second kappa shape index (κ2) is 7.00. The predicted molar refractivity (Wildman–Crippen MR) is 99.0 cm³/mol. The van der Waals surface area contributed by atoms with Gasteiger partial charge in [-0.15, -0.1) is 0 Å². The number of amides is 1. The second-order valence-electron chi connectivity index (χ2n) is 7.02. The van der Waals surface area contributed by atoms with Gasteiger partial charge in [-0.2, -0.15) is 5.10 Å². The molecule has 2 N–H and O–H groups in total. The molecular weight excluding hydrogens is 347 g/mol. The Morgan fingerprint density at radius 3 is 3.15 bits per heavy atom. The Labute approximate surface area is 157 Å². The molecule has 4 rings (SSSR count). The van der Waals surface area contributed by atoms with Gasteiger partial charge in [0.05, 0.1) is 18.9 Å². The number of carbonyl (C=O) groups excluding carboxylic acids is 1. The Hall–Kier alpha value is -2.92. The molecule has 0 fully saturated rings. The van der Waals surface area contributed by atoms with E-state index in [-0.39, 0.29) is 17.6 Å². The molecule has 0 radical (unpaired) electrons. The number of benzene rings is 1. The Morgan fingerprint density at radius 1 is 1.48 bits per heavy atom. The van der Waals surface area contributed by atoms with Gasteiger partial charge in [0.2, 0.25) is 5.69 Å². The number of carbonyl (C=O) groups is 1. The first-order chi connectivity index (χ1) is 13.1. The van der Waals surface area contributed by atoms with Gasteiger partial charge in [-0.3, -0.25) is 14.4 Å². The van der Waals surface area contributed by atoms with Crippen LogP contribution in [0.5, 0.6) is 0 Å². The molecule has 1 atom stereocenters. The summed E-state index contributed by atoms with van der Waals surface area (Å²) in [5, 5.41) is 10.9. The Bertz CT molecular complexity index is 931. The van der Waals surface area contributed by atoms with Crippen molar-refractivity contribution in [1.82, 2.24) is 20.0 Å². The molecule has 0 unspecified atom stereocenters. The van der Waals surface area contributed by atoms with Crippen LogP contribution in [0.25, 0.3) is 4.85 Å². The largest absolute Gasteiger partial charge is 0.373 e. The van der Waals surface area contributed by atoms with Crippen molar-refractivity contribution in [3.05, 3.63) is 52.4 Å². The van der Waals surface area contributed by atoms with Crippen LogP contribution < -0.4 is 10.6 Å². The number of hydrogen-bond donors (Lipinski definition) is 2. The average Bonchev–Trinajstić information content (AvgIpc) is 2.90. The van der Waals surface area contributed by atoms with E-state index in [1.54, 1.807) is 6.07 Å². The predicted octanol–water partition coefficient (Wildman–Crippen LogP) is 2.52. The van der Waals surface area contributed by atoms with Crippen molar-refractivity contribution in [3.63, 3.8) is 0 Å². The SMILES string of the molecule is [C-]#[N+]c1cc(NCN2Cc3c(nn4c3C(=O)NCCC4)C[C@H]2C)ccc1F. The Balaban J connectivity index is 1.53. The summed E-state index contributed by atoms with van der Waals surface area (Å²) in [5.74, 6) is -0.566. The maximum Gasteiger partial charge on any atom is 0.269 e. The van der Waals surface area contributed by atoms with Crippen molar-refractivity contribution in [1.29, 1.82) is 0 Å². The highest BCUT2D eigenvalue weighted by molar-refractivity contribution is 5.94. The van der Waals surface area contributed by atoms with E-state index in [1.807, 2.05) is 4.68 Å². The molecule has 0 bridgehead atoms. The zero-order chi connectivity index (χ0) is 19.0. The quantitative estimate of drug-likeness (QED) is 0.817. The minimum atomic E-state index is -0.514. The van der Waals surface area contributed by atoms with Gasteiger partial charge in [-0.1, -0.05) is 0 Å².